The molecule has 13 nitrogen and oxygen atoms in total. The molecule has 6 rings (SSSR count). The van der Waals surface area contributed by atoms with E-state index in [0.717, 1.165) is 0 Å². The Labute approximate surface area is 280 Å². The van der Waals surface area contributed by atoms with Crippen LogP contribution < -0.4 is 10.6 Å². The van der Waals surface area contributed by atoms with Crippen molar-refractivity contribution in [3.05, 3.63) is 81.2 Å². The monoisotopic (exact) mass is 705 g/mol. The molecule has 0 aliphatic carbocycles. The number of pyridine rings is 1. The molecule has 2 aliphatic rings. The number of halogens is 5. The van der Waals surface area contributed by atoms with Crippen molar-refractivity contribution in [2.45, 2.75) is 31.2 Å². The Hall–Kier alpha value is -4.51. The molecule has 4 aromatic rings. The van der Waals surface area contributed by atoms with Gasteiger partial charge in [0, 0.05) is 74.0 Å². The van der Waals surface area contributed by atoms with Gasteiger partial charge in [-0.15, -0.1) is 0 Å². The molecule has 2 saturated heterocycles. The van der Waals surface area contributed by atoms with Crippen LogP contribution in [0.3, 0.4) is 0 Å². The Kier molecular flexibility index (Phi) is 9.42. The van der Waals surface area contributed by atoms with Crippen LogP contribution in [0.2, 0.25) is 10.2 Å². The van der Waals surface area contributed by atoms with Gasteiger partial charge in [0.25, 0.3) is 11.8 Å². The molecule has 0 saturated carbocycles. The number of β-amino-alcohol motifs (C(OH)–C–C–N with tert-alkyl or cyclic N) is 1. The zero-order valence-corrected chi connectivity index (χ0v) is 26.5. The average molecular weight is 707 g/mol. The number of alkyl halides is 3. The number of amides is 3. The second-order valence-corrected chi connectivity index (χ2v) is 12.1. The molecule has 3 aromatic heterocycles. The molecule has 5 heterocycles. The minimum atomic E-state index is -4.72. The van der Waals surface area contributed by atoms with E-state index in [0.29, 0.717) is 44.7 Å². The minimum Gasteiger partial charge on any atom is -0.392 e. The molecule has 2 atom stereocenters. The number of carbonyl (C=O) groups excluding carboxylic acids is 3. The van der Waals surface area contributed by atoms with Crippen LogP contribution in [0.4, 0.5) is 18.9 Å². The van der Waals surface area contributed by atoms with Crippen molar-refractivity contribution in [1.82, 2.24) is 40.3 Å². The lowest BCUT2D eigenvalue weighted by molar-refractivity contribution is -0.141. The summed E-state index contributed by atoms with van der Waals surface area (Å²) in [6.45, 7) is 1.66. The van der Waals surface area contributed by atoms with Crippen LogP contribution in [-0.2, 0) is 17.4 Å². The minimum absolute atomic E-state index is 0.0221. The Bertz CT molecular complexity index is 1840. The van der Waals surface area contributed by atoms with E-state index >= 15 is 0 Å². The highest BCUT2D eigenvalue weighted by Crippen LogP contribution is 2.36. The number of aromatic amines is 2. The number of H-pyrrole nitrogens is 2. The number of hydrogen-bond acceptors (Lipinski definition) is 8. The van der Waals surface area contributed by atoms with Crippen LogP contribution in [0.25, 0.3) is 11.3 Å². The van der Waals surface area contributed by atoms with Crippen LogP contribution in [0.1, 0.15) is 44.3 Å². The molecule has 2 aliphatic heterocycles. The lowest BCUT2D eigenvalue weighted by Gasteiger charge is -2.36. The Balaban J connectivity index is 1.09. The second-order valence-electron chi connectivity index (χ2n) is 11.3. The first kappa shape index (κ1) is 33.4. The molecule has 0 unspecified atom stereocenters. The van der Waals surface area contributed by atoms with Crippen LogP contribution in [-0.4, -0.2) is 103 Å². The zero-order valence-electron chi connectivity index (χ0n) is 24.9. The highest BCUT2D eigenvalue weighted by Gasteiger charge is 2.38. The number of rotatable bonds is 7. The lowest BCUT2D eigenvalue weighted by Crippen LogP contribution is -2.54. The predicted molar refractivity (Wildman–Crippen MR) is 168 cm³/mol. The third-order valence-electron chi connectivity index (χ3n) is 8.10. The molecule has 252 valence electrons. The van der Waals surface area contributed by atoms with Crippen LogP contribution in [0.15, 0.2) is 42.7 Å². The summed E-state index contributed by atoms with van der Waals surface area (Å²) >= 11 is 12.2. The summed E-state index contributed by atoms with van der Waals surface area (Å²) in [4.78, 5) is 52.8. The topological polar surface area (TPSA) is 172 Å². The van der Waals surface area contributed by atoms with E-state index in [1.165, 1.54) is 42.7 Å². The summed E-state index contributed by atoms with van der Waals surface area (Å²) in [6.07, 6.45) is -2.64. The van der Waals surface area contributed by atoms with E-state index < -0.39 is 29.9 Å². The maximum Gasteiger partial charge on any atom is 0.433 e. The van der Waals surface area contributed by atoms with Gasteiger partial charge in [0.2, 0.25) is 5.91 Å². The molecular weight excluding hydrogens is 678 g/mol. The third kappa shape index (κ3) is 7.16. The van der Waals surface area contributed by atoms with Gasteiger partial charge >= 0.3 is 6.18 Å². The first-order chi connectivity index (χ1) is 22.9. The molecule has 3 amide bonds. The third-order valence-corrected chi connectivity index (χ3v) is 8.64. The summed E-state index contributed by atoms with van der Waals surface area (Å²) in [5.41, 5.74) is -0.201. The van der Waals surface area contributed by atoms with E-state index in [2.05, 4.69) is 35.8 Å². The zero-order chi connectivity index (χ0) is 34.2. The number of hydrogen-bond donors (Lipinski definition) is 5. The fraction of sp³-hybridized carbons (Fsp3) is 0.333. The van der Waals surface area contributed by atoms with Gasteiger partial charge in [-0.25, -0.2) is 9.97 Å². The summed E-state index contributed by atoms with van der Waals surface area (Å²) in [7, 11) is 0. The van der Waals surface area contributed by atoms with Crippen LogP contribution >= 0.6 is 23.2 Å². The van der Waals surface area contributed by atoms with E-state index in [9.17, 15) is 32.7 Å². The maximum atomic E-state index is 13.8. The van der Waals surface area contributed by atoms with E-state index in [4.69, 9.17) is 23.2 Å². The largest absolute Gasteiger partial charge is 0.433 e. The molecule has 0 radical (unpaired) electrons. The molecule has 0 bridgehead atoms. The maximum absolute atomic E-state index is 13.8. The summed E-state index contributed by atoms with van der Waals surface area (Å²) < 4.78 is 41.4. The van der Waals surface area contributed by atoms with E-state index in [1.54, 1.807) is 9.80 Å². The first-order valence-electron chi connectivity index (χ1n) is 14.8. The van der Waals surface area contributed by atoms with Crippen molar-refractivity contribution in [2.75, 3.05) is 38.0 Å². The molecule has 0 spiro atoms. The summed E-state index contributed by atoms with van der Waals surface area (Å²) in [5, 5.41) is 21.5. The Morgan fingerprint density at radius 1 is 1.02 bits per heavy atom. The molecule has 5 N–H and O–H groups in total. The van der Waals surface area contributed by atoms with Crippen molar-refractivity contribution < 1.29 is 32.7 Å². The number of benzene rings is 1. The Morgan fingerprint density at radius 3 is 2.42 bits per heavy atom. The van der Waals surface area contributed by atoms with Crippen molar-refractivity contribution >= 4 is 46.6 Å². The summed E-state index contributed by atoms with van der Waals surface area (Å²) in [5.74, 6) is -1.29. The van der Waals surface area contributed by atoms with Crippen molar-refractivity contribution in [1.29, 1.82) is 0 Å². The van der Waals surface area contributed by atoms with Crippen molar-refractivity contribution in [3.8, 4) is 11.3 Å². The number of imidazole rings is 1. The van der Waals surface area contributed by atoms with Gasteiger partial charge < -0.3 is 30.5 Å². The molecule has 48 heavy (non-hydrogen) atoms. The highest BCUT2D eigenvalue weighted by atomic mass is 35.5. The van der Waals surface area contributed by atoms with E-state index in [-0.39, 0.29) is 62.4 Å². The van der Waals surface area contributed by atoms with Gasteiger partial charge in [0.1, 0.15) is 10.8 Å². The highest BCUT2D eigenvalue weighted by molar-refractivity contribution is 6.34. The Morgan fingerprint density at radius 2 is 1.77 bits per heavy atom. The first-order valence-corrected chi connectivity index (χ1v) is 15.5. The van der Waals surface area contributed by atoms with Crippen molar-refractivity contribution in [2.24, 2.45) is 0 Å². The van der Waals surface area contributed by atoms with Gasteiger partial charge in [0.15, 0.2) is 5.82 Å². The molecule has 18 heteroatoms. The van der Waals surface area contributed by atoms with Crippen molar-refractivity contribution in [3.63, 3.8) is 0 Å². The fourth-order valence-electron chi connectivity index (χ4n) is 5.66. The number of nitrogens with zero attached hydrogens (tertiary/aromatic N) is 5. The number of anilines is 1. The predicted octanol–water partition coefficient (Wildman–Crippen LogP) is 3.37. The van der Waals surface area contributed by atoms with Gasteiger partial charge in [-0.2, -0.15) is 18.3 Å². The molecule has 1 aromatic carbocycles. The number of aromatic nitrogens is 5. The van der Waals surface area contributed by atoms with Gasteiger partial charge in [0.05, 0.1) is 28.4 Å². The SMILES string of the molecule is O=C(Nc1ccc(C(=O)N2CCN(C(=O)[C@@H]3C[C@@H](O)CN3)CC2)c(Cl)c1)c1ncc(Cc2c(-c3ccc(Cl)nc3)n[nH]c2C(F)(F)F)[nH]1. The smallest absolute Gasteiger partial charge is 0.392 e. The van der Waals surface area contributed by atoms with Gasteiger partial charge in [-0.3, -0.25) is 19.5 Å². The normalized spacial score (nSPS) is 18.3. The van der Waals surface area contributed by atoms with Gasteiger partial charge in [-0.05, 0) is 36.8 Å². The second kappa shape index (κ2) is 13.5. The molecular formula is C30H28Cl2F3N9O4. The van der Waals surface area contributed by atoms with Crippen LogP contribution in [0.5, 0.6) is 0 Å². The lowest BCUT2D eigenvalue weighted by atomic mass is 10.0. The number of aliphatic hydroxyl groups excluding tert-OH is 1. The standard InChI is InChI=1S/C30H28Cl2F3N9O4/c31-21-10-16(2-3-19(21)28(47)43-5-7-44(8-6-43)29(48)22-11-18(45)14-36-22)40-27(46)26-38-13-17(39-26)9-20-24(15-1-4-23(32)37-12-15)41-42-25(20)30(33,34)35/h1-4,10,12-13,18,22,36,45H,5-9,11,14H2,(H,38,39)(H,40,46)(H,41,42)/t18-,22+/m1/s1. The quantitative estimate of drug-likeness (QED) is 0.182. The number of piperazine rings is 1. The number of nitrogens with one attached hydrogen (secondary N) is 4. The number of aliphatic hydroxyl groups is 1. The van der Waals surface area contributed by atoms with Crippen LogP contribution in [0, 0.1) is 0 Å². The molecule has 2 fully saturated rings. The average Bonchev–Trinajstić information content (AvgIpc) is 3.81. The fourth-order valence-corrected chi connectivity index (χ4v) is 6.04. The van der Waals surface area contributed by atoms with E-state index in [1.807, 2.05) is 0 Å². The van der Waals surface area contributed by atoms with Gasteiger partial charge in [-0.1, -0.05) is 23.2 Å². The summed E-state index contributed by atoms with van der Waals surface area (Å²) in [6, 6.07) is 6.86. The number of carbonyl (C=O) groups is 3.